The second-order valence-electron chi connectivity index (χ2n) is 9.03. The van der Waals surface area contributed by atoms with Crippen molar-refractivity contribution in [1.29, 1.82) is 10.5 Å². The molecule has 5 rings (SSSR count). The zero-order valence-corrected chi connectivity index (χ0v) is 18.2. The number of nitrogens with one attached hydrogen (secondary N) is 2. The fourth-order valence-corrected chi connectivity index (χ4v) is 6.71. The molecule has 31 heavy (non-hydrogen) atoms. The first-order valence-corrected chi connectivity index (χ1v) is 12.3. The first kappa shape index (κ1) is 21.8. The molecule has 4 fully saturated rings. The van der Waals surface area contributed by atoms with Crippen molar-refractivity contribution in [2.24, 2.45) is 0 Å². The Morgan fingerprint density at radius 1 is 1.06 bits per heavy atom. The topological polar surface area (TPSA) is 126 Å². The molecule has 4 aliphatic rings. The van der Waals surface area contributed by atoms with Crippen LogP contribution in [0.5, 0.6) is 0 Å². The fraction of sp³-hybridized carbons (Fsp3) is 0.591. The SMILES string of the molecule is N#Cc1ccc(S(=O)(=O)NC23CCC(NCC(=O)N4CCC[C@@H]4C#N)(CC2)CC3)cc1. The first-order valence-electron chi connectivity index (χ1n) is 10.8. The van der Waals surface area contributed by atoms with E-state index in [0.29, 0.717) is 31.4 Å². The lowest BCUT2D eigenvalue weighted by Crippen LogP contribution is -2.63. The van der Waals surface area contributed by atoms with Gasteiger partial charge in [0.2, 0.25) is 15.9 Å². The molecule has 1 heterocycles. The number of fused-ring (bicyclic) bond motifs is 3. The molecule has 1 aromatic rings. The van der Waals surface area contributed by atoms with Crippen molar-refractivity contribution in [2.45, 2.75) is 73.4 Å². The van der Waals surface area contributed by atoms with E-state index in [1.165, 1.54) is 24.3 Å². The highest BCUT2D eigenvalue weighted by molar-refractivity contribution is 7.89. The number of sulfonamides is 1. The number of benzene rings is 1. The van der Waals surface area contributed by atoms with Crippen LogP contribution in [0.15, 0.2) is 29.2 Å². The van der Waals surface area contributed by atoms with E-state index in [9.17, 15) is 18.5 Å². The van der Waals surface area contributed by atoms with Crippen LogP contribution in [0.1, 0.15) is 56.9 Å². The summed E-state index contributed by atoms with van der Waals surface area (Å²) < 4.78 is 28.7. The lowest BCUT2D eigenvalue weighted by molar-refractivity contribution is -0.130. The van der Waals surface area contributed by atoms with Gasteiger partial charge in [0.15, 0.2) is 0 Å². The van der Waals surface area contributed by atoms with Crippen molar-refractivity contribution in [3.63, 3.8) is 0 Å². The van der Waals surface area contributed by atoms with Gasteiger partial charge in [-0.2, -0.15) is 10.5 Å². The van der Waals surface area contributed by atoms with Crippen LogP contribution in [0.3, 0.4) is 0 Å². The zero-order chi connectivity index (χ0) is 22.1. The molecular weight excluding hydrogens is 414 g/mol. The predicted octanol–water partition coefficient (Wildman–Crippen LogP) is 1.79. The van der Waals surface area contributed by atoms with Crippen molar-refractivity contribution in [2.75, 3.05) is 13.1 Å². The highest BCUT2D eigenvalue weighted by atomic mass is 32.2. The minimum atomic E-state index is -3.67. The number of amides is 1. The van der Waals surface area contributed by atoms with E-state index in [0.717, 1.165) is 32.1 Å². The van der Waals surface area contributed by atoms with Crippen LogP contribution in [0, 0.1) is 22.7 Å². The van der Waals surface area contributed by atoms with Crippen molar-refractivity contribution in [3.05, 3.63) is 29.8 Å². The summed E-state index contributed by atoms with van der Waals surface area (Å²) in [6.45, 7) is 0.869. The van der Waals surface area contributed by atoms with Crippen molar-refractivity contribution in [3.8, 4) is 12.1 Å². The summed E-state index contributed by atoms with van der Waals surface area (Å²) in [5.74, 6) is -0.0256. The van der Waals surface area contributed by atoms with Gasteiger partial charge >= 0.3 is 0 Å². The number of nitrogens with zero attached hydrogens (tertiary/aromatic N) is 3. The summed E-state index contributed by atoms with van der Waals surface area (Å²) >= 11 is 0. The largest absolute Gasteiger partial charge is 0.326 e. The molecule has 0 unspecified atom stereocenters. The number of carbonyl (C=O) groups excluding carboxylic acids is 1. The van der Waals surface area contributed by atoms with Gasteiger partial charge in [-0.25, -0.2) is 13.1 Å². The molecule has 1 aromatic carbocycles. The average Bonchev–Trinajstić information content (AvgIpc) is 3.27. The van der Waals surface area contributed by atoms with E-state index in [4.69, 9.17) is 5.26 Å². The molecule has 164 valence electrons. The lowest BCUT2D eigenvalue weighted by Gasteiger charge is -2.53. The van der Waals surface area contributed by atoms with Gasteiger partial charge in [-0.05, 0) is 75.6 Å². The van der Waals surface area contributed by atoms with Gasteiger partial charge in [-0.15, -0.1) is 0 Å². The smallest absolute Gasteiger partial charge is 0.241 e. The van der Waals surface area contributed by atoms with Crippen LogP contribution in [0.4, 0.5) is 0 Å². The molecule has 1 saturated heterocycles. The molecule has 3 aliphatic carbocycles. The molecule has 0 aromatic heterocycles. The molecule has 0 radical (unpaired) electrons. The summed E-state index contributed by atoms with van der Waals surface area (Å²) in [6.07, 6.45) is 6.18. The van der Waals surface area contributed by atoms with E-state index < -0.39 is 15.6 Å². The Bertz CT molecular complexity index is 1010. The standard InChI is InChI=1S/C22H27N5O3S/c23-14-17-3-5-19(6-4-17)31(29,30)26-22-10-7-21(8-11-22,9-12-22)25-16-20(28)27-13-1-2-18(27)15-24/h3-6,18,25-26H,1-2,7-13,16H2/t18-,21?,22?/m1/s1. The fourth-order valence-electron chi connectivity index (χ4n) is 5.22. The maximum atomic E-state index is 12.9. The third-order valence-electron chi connectivity index (χ3n) is 7.23. The molecule has 8 nitrogen and oxygen atoms in total. The molecule has 2 N–H and O–H groups in total. The van der Waals surface area contributed by atoms with Crippen LogP contribution < -0.4 is 10.0 Å². The predicted molar refractivity (Wildman–Crippen MR) is 113 cm³/mol. The Labute approximate surface area is 183 Å². The van der Waals surface area contributed by atoms with Crippen LogP contribution in [-0.2, 0) is 14.8 Å². The molecule has 0 spiro atoms. The molecule has 1 aliphatic heterocycles. The molecule has 1 amide bonds. The van der Waals surface area contributed by atoms with Gasteiger partial charge in [-0.3, -0.25) is 4.79 Å². The monoisotopic (exact) mass is 441 g/mol. The summed E-state index contributed by atoms with van der Waals surface area (Å²) in [7, 11) is -3.67. The number of hydrogen-bond acceptors (Lipinski definition) is 6. The Morgan fingerprint density at radius 3 is 2.26 bits per heavy atom. The number of hydrogen-bond donors (Lipinski definition) is 2. The number of carbonyl (C=O) groups is 1. The highest BCUT2D eigenvalue weighted by Crippen LogP contribution is 2.47. The van der Waals surface area contributed by atoms with Gasteiger partial charge < -0.3 is 10.2 Å². The molecular formula is C22H27N5O3S. The average molecular weight is 442 g/mol. The van der Waals surface area contributed by atoms with E-state index >= 15 is 0 Å². The quantitative estimate of drug-likeness (QED) is 0.693. The van der Waals surface area contributed by atoms with Gasteiger partial charge in [0.05, 0.1) is 29.1 Å². The van der Waals surface area contributed by atoms with E-state index in [-0.39, 0.29) is 28.9 Å². The second kappa shape index (κ2) is 8.23. The summed E-state index contributed by atoms with van der Waals surface area (Å²) in [4.78, 5) is 14.4. The van der Waals surface area contributed by atoms with Gasteiger partial charge in [0, 0.05) is 17.6 Å². The van der Waals surface area contributed by atoms with Crippen LogP contribution in [-0.4, -0.2) is 49.4 Å². The van der Waals surface area contributed by atoms with E-state index in [2.05, 4.69) is 16.1 Å². The third kappa shape index (κ3) is 4.31. The zero-order valence-electron chi connectivity index (χ0n) is 17.4. The molecule has 3 saturated carbocycles. The minimum Gasteiger partial charge on any atom is -0.326 e. The van der Waals surface area contributed by atoms with E-state index in [1.807, 2.05) is 6.07 Å². The molecule has 1 atom stereocenters. The van der Waals surface area contributed by atoms with Gasteiger partial charge in [0.1, 0.15) is 6.04 Å². The normalized spacial score (nSPS) is 30.0. The first-order chi connectivity index (χ1) is 14.8. The number of rotatable bonds is 6. The third-order valence-corrected chi connectivity index (χ3v) is 8.82. The summed E-state index contributed by atoms with van der Waals surface area (Å²) in [6, 6.07) is 9.84. The number of nitriles is 2. The minimum absolute atomic E-state index is 0.0256. The van der Waals surface area contributed by atoms with Crippen LogP contribution in [0.25, 0.3) is 0 Å². The van der Waals surface area contributed by atoms with Crippen molar-refractivity contribution < 1.29 is 13.2 Å². The Balaban J connectivity index is 1.35. The van der Waals surface area contributed by atoms with Crippen molar-refractivity contribution in [1.82, 2.24) is 14.9 Å². The van der Waals surface area contributed by atoms with Crippen LogP contribution in [0.2, 0.25) is 0 Å². The Morgan fingerprint density at radius 2 is 1.68 bits per heavy atom. The lowest BCUT2D eigenvalue weighted by atomic mass is 9.62. The Hall–Kier alpha value is -2.46. The maximum absolute atomic E-state index is 12.9. The molecule has 2 bridgehead atoms. The Kier molecular flexibility index (Phi) is 5.78. The highest BCUT2D eigenvalue weighted by Gasteiger charge is 2.50. The van der Waals surface area contributed by atoms with Crippen LogP contribution >= 0.6 is 0 Å². The number of likely N-dealkylation sites (tertiary alicyclic amines) is 1. The summed E-state index contributed by atoms with van der Waals surface area (Å²) in [5.41, 5.74) is -0.173. The molecule has 9 heteroatoms. The second-order valence-corrected chi connectivity index (χ2v) is 10.7. The van der Waals surface area contributed by atoms with Gasteiger partial charge in [0.25, 0.3) is 0 Å². The maximum Gasteiger partial charge on any atom is 0.241 e. The van der Waals surface area contributed by atoms with E-state index in [1.54, 1.807) is 4.90 Å². The summed E-state index contributed by atoms with van der Waals surface area (Å²) in [5, 5.41) is 21.6. The van der Waals surface area contributed by atoms with Gasteiger partial charge in [-0.1, -0.05) is 0 Å². The van der Waals surface area contributed by atoms with Crippen molar-refractivity contribution >= 4 is 15.9 Å².